The molecule has 6 nitrogen and oxygen atoms in total. The molecule has 1 saturated carbocycles. The van der Waals surface area contributed by atoms with Crippen molar-refractivity contribution in [2.24, 2.45) is 10.7 Å². The summed E-state index contributed by atoms with van der Waals surface area (Å²) in [6.45, 7) is 3.29. The van der Waals surface area contributed by atoms with Crippen molar-refractivity contribution in [1.82, 2.24) is 5.32 Å². The van der Waals surface area contributed by atoms with Crippen molar-refractivity contribution in [2.45, 2.75) is 50.5 Å². The number of ether oxygens (including phenoxy) is 3. The van der Waals surface area contributed by atoms with Crippen LogP contribution >= 0.6 is 24.0 Å². The minimum atomic E-state index is -0.00536. The average Bonchev–Trinajstić information content (AvgIpc) is 2.66. The van der Waals surface area contributed by atoms with E-state index in [4.69, 9.17) is 19.9 Å². The van der Waals surface area contributed by atoms with Gasteiger partial charge in [0.25, 0.3) is 0 Å². The Balaban J connectivity index is 0.00000364. The molecule has 1 fully saturated rings. The van der Waals surface area contributed by atoms with Gasteiger partial charge in [-0.05, 0) is 37.5 Å². The van der Waals surface area contributed by atoms with Gasteiger partial charge in [-0.15, -0.1) is 24.0 Å². The summed E-state index contributed by atoms with van der Waals surface area (Å²) < 4.78 is 16.0. The minimum Gasteiger partial charge on any atom is -0.493 e. The molecule has 1 aliphatic carbocycles. The Morgan fingerprint density at radius 3 is 2.41 bits per heavy atom. The maximum absolute atomic E-state index is 6.10. The van der Waals surface area contributed by atoms with E-state index in [9.17, 15) is 0 Å². The van der Waals surface area contributed by atoms with Gasteiger partial charge in [-0.2, -0.15) is 0 Å². The van der Waals surface area contributed by atoms with E-state index in [1.54, 1.807) is 21.3 Å². The molecule has 1 unspecified atom stereocenters. The molecule has 0 radical (unpaired) electrons. The van der Waals surface area contributed by atoms with Gasteiger partial charge in [-0.3, -0.25) is 4.99 Å². The van der Waals surface area contributed by atoms with Gasteiger partial charge < -0.3 is 25.3 Å². The van der Waals surface area contributed by atoms with Crippen LogP contribution in [0, 0.1) is 0 Å². The molecule has 1 aromatic rings. The molecule has 0 saturated heterocycles. The average molecular weight is 491 g/mol. The number of benzene rings is 1. The first kappa shape index (κ1) is 23.8. The first-order valence-electron chi connectivity index (χ1n) is 9.32. The second-order valence-electron chi connectivity index (χ2n) is 7.11. The van der Waals surface area contributed by atoms with Crippen LogP contribution < -0.4 is 20.5 Å². The SMILES string of the molecule is COCC(C)NC(N)=NCC1(c2ccc(OC)c(OC)c2)CCCCC1.I. The summed E-state index contributed by atoms with van der Waals surface area (Å²) in [4.78, 5) is 4.67. The highest BCUT2D eigenvalue weighted by Crippen LogP contribution is 2.42. The quantitative estimate of drug-likeness (QED) is 0.331. The second kappa shape index (κ2) is 11.6. The number of hydrogen-bond donors (Lipinski definition) is 2. The molecule has 0 spiro atoms. The lowest BCUT2D eigenvalue weighted by atomic mass is 9.69. The standard InChI is InChI=1S/C20H33N3O3.HI/c1-15(13-24-2)23-19(21)22-14-20(10-6-5-7-11-20)16-8-9-17(25-3)18(12-16)26-4;/h8-9,12,15H,5-7,10-11,13-14H2,1-4H3,(H3,21,22,23);1H. The number of rotatable bonds is 8. The van der Waals surface area contributed by atoms with Crippen molar-refractivity contribution in [3.05, 3.63) is 23.8 Å². The predicted molar refractivity (Wildman–Crippen MR) is 121 cm³/mol. The van der Waals surface area contributed by atoms with Crippen LogP contribution in [0.2, 0.25) is 0 Å². The first-order chi connectivity index (χ1) is 12.5. The van der Waals surface area contributed by atoms with Crippen molar-refractivity contribution < 1.29 is 14.2 Å². The third-order valence-corrected chi connectivity index (χ3v) is 5.17. The number of hydrogen-bond acceptors (Lipinski definition) is 4. The van der Waals surface area contributed by atoms with Gasteiger partial charge in [-0.25, -0.2) is 0 Å². The molecule has 0 aliphatic heterocycles. The van der Waals surface area contributed by atoms with Crippen LogP contribution in [0.3, 0.4) is 0 Å². The third kappa shape index (κ3) is 6.41. The summed E-state index contributed by atoms with van der Waals surface area (Å²) in [5.41, 5.74) is 7.34. The summed E-state index contributed by atoms with van der Waals surface area (Å²) in [6, 6.07) is 6.35. The van der Waals surface area contributed by atoms with Crippen LogP contribution in [0.25, 0.3) is 0 Å². The summed E-state index contributed by atoms with van der Waals surface area (Å²) in [7, 11) is 5.01. The highest BCUT2D eigenvalue weighted by molar-refractivity contribution is 14.0. The van der Waals surface area contributed by atoms with Gasteiger partial charge in [0, 0.05) is 18.6 Å². The molecule has 154 valence electrons. The lowest BCUT2D eigenvalue weighted by molar-refractivity contribution is 0.179. The van der Waals surface area contributed by atoms with Gasteiger partial charge in [0.1, 0.15) is 0 Å². The highest BCUT2D eigenvalue weighted by atomic mass is 127. The van der Waals surface area contributed by atoms with E-state index in [0.29, 0.717) is 19.1 Å². The van der Waals surface area contributed by atoms with Crippen LogP contribution in [-0.2, 0) is 10.2 Å². The Bertz CT molecular complexity index is 604. The Kier molecular flexibility index (Phi) is 10.2. The van der Waals surface area contributed by atoms with Crippen LogP contribution in [-0.4, -0.2) is 46.5 Å². The van der Waals surface area contributed by atoms with E-state index >= 15 is 0 Å². The van der Waals surface area contributed by atoms with Crippen molar-refractivity contribution in [1.29, 1.82) is 0 Å². The van der Waals surface area contributed by atoms with Gasteiger partial charge in [0.2, 0.25) is 0 Å². The van der Waals surface area contributed by atoms with Crippen LogP contribution in [0.1, 0.15) is 44.6 Å². The van der Waals surface area contributed by atoms with Crippen molar-refractivity contribution in [3.63, 3.8) is 0 Å². The molecule has 0 heterocycles. The molecule has 0 amide bonds. The summed E-state index contributed by atoms with van der Waals surface area (Å²) in [6.07, 6.45) is 5.89. The van der Waals surface area contributed by atoms with Crippen LogP contribution in [0.15, 0.2) is 23.2 Å². The fourth-order valence-corrected chi connectivity index (χ4v) is 3.76. The van der Waals surface area contributed by atoms with Crippen LogP contribution in [0.5, 0.6) is 11.5 Å². The molecule has 1 aliphatic rings. The Morgan fingerprint density at radius 1 is 1.15 bits per heavy atom. The van der Waals surface area contributed by atoms with Crippen LogP contribution in [0.4, 0.5) is 0 Å². The van der Waals surface area contributed by atoms with E-state index in [2.05, 4.69) is 22.4 Å². The Hall–Kier alpha value is -1.22. The predicted octanol–water partition coefficient (Wildman–Crippen LogP) is 3.46. The van der Waals surface area contributed by atoms with Crippen molar-refractivity contribution in [3.8, 4) is 11.5 Å². The molecule has 0 bridgehead atoms. The van der Waals surface area contributed by atoms with E-state index in [1.807, 2.05) is 13.0 Å². The molecule has 1 aromatic carbocycles. The Morgan fingerprint density at radius 2 is 1.81 bits per heavy atom. The molecule has 7 heteroatoms. The molecule has 3 N–H and O–H groups in total. The molecular weight excluding hydrogens is 457 g/mol. The summed E-state index contributed by atoms with van der Waals surface area (Å²) in [5, 5.41) is 3.19. The van der Waals surface area contributed by atoms with Gasteiger partial charge >= 0.3 is 0 Å². The number of nitrogens with zero attached hydrogens (tertiary/aromatic N) is 1. The fraction of sp³-hybridized carbons (Fsp3) is 0.650. The third-order valence-electron chi connectivity index (χ3n) is 5.17. The number of methoxy groups -OCH3 is 3. The number of nitrogens with one attached hydrogen (secondary N) is 1. The van der Waals surface area contributed by atoms with E-state index in [-0.39, 0.29) is 35.4 Å². The zero-order valence-electron chi connectivity index (χ0n) is 16.9. The zero-order valence-corrected chi connectivity index (χ0v) is 19.2. The monoisotopic (exact) mass is 491 g/mol. The second-order valence-corrected chi connectivity index (χ2v) is 7.11. The number of nitrogens with two attached hydrogens (primary N) is 1. The van der Waals surface area contributed by atoms with E-state index < -0.39 is 0 Å². The molecule has 0 aromatic heterocycles. The van der Waals surface area contributed by atoms with Gasteiger partial charge in [-0.1, -0.05) is 25.3 Å². The normalized spacial score (nSPS) is 17.6. The first-order valence-corrected chi connectivity index (χ1v) is 9.32. The van der Waals surface area contributed by atoms with Crippen molar-refractivity contribution >= 4 is 29.9 Å². The van der Waals surface area contributed by atoms with Crippen molar-refractivity contribution in [2.75, 3.05) is 34.5 Å². The lowest BCUT2D eigenvalue weighted by Gasteiger charge is -2.37. The zero-order chi connectivity index (χ0) is 19.0. The van der Waals surface area contributed by atoms with E-state index in [0.717, 1.165) is 24.3 Å². The number of aliphatic imine (C=N–C) groups is 1. The molecule has 1 atom stereocenters. The Labute approximate surface area is 180 Å². The maximum Gasteiger partial charge on any atom is 0.188 e. The molecule has 2 rings (SSSR count). The van der Waals surface area contributed by atoms with E-state index in [1.165, 1.54) is 24.8 Å². The molecular formula is C20H34IN3O3. The minimum absolute atomic E-state index is 0. The summed E-state index contributed by atoms with van der Waals surface area (Å²) in [5.74, 6) is 1.99. The smallest absolute Gasteiger partial charge is 0.188 e. The van der Waals surface area contributed by atoms with Gasteiger partial charge in [0.15, 0.2) is 17.5 Å². The molecule has 27 heavy (non-hydrogen) atoms. The lowest BCUT2D eigenvalue weighted by Crippen LogP contribution is -2.42. The number of halogens is 1. The fourth-order valence-electron chi connectivity index (χ4n) is 3.76. The topological polar surface area (TPSA) is 78.1 Å². The highest BCUT2D eigenvalue weighted by Gasteiger charge is 2.34. The number of guanidine groups is 1. The van der Waals surface area contributed by atoms with Gasteiger partial charge in [0.05, 0.1) is 27.4 Å². The summed E-state index contributed by atoms with van der Waals surface area (Å²) >= 11 is 0. The largest absolute Gasteiger partial charge is 0.493 e. The maximum atomic E-state index is 6.10.